The molecule has 0 aliphatic rings. The number of nitrogens with zero attached hydrogens (tertiary/aromatic N) is 2. The normalized spacial score (nSPS) is 10.7. The van der Waals surface area contributed by atoms with Crippen molar-refractivity contribution in [3.05, 3.63) is 46.2 Å². The predicted octanol–water partition coefficient (Wildman–Crippen LogP) is 3.73. The number of halogens is 2. The first kappa shape index (κ1) is 13.2. The van der Waals surface area contributed by atoms with E-state index < -0.39 is 0 Å². The Bertz CT molecular complexity index is 549. The molecular formula is C13H15Cl2N3. The van der Waals surface area contributed by atoms with E-state index in [0.29, 0.717) is 17.6 Å². The summed E-state index contributed by atoms with van der Waals surface area (Å²) in [6, 6.07) is 8.03. The van der Waals surface area contributed by atoms with E-state index >= 15 is 0 Å². The van der Waals surface area contributed by atoms with Crippen molar-refractivity contribution in [2.75, 3.05) is 5.32 Å². The second-order valence-corrected chi connectivity index (χ2v) is 4.79. The quantitative estimate of drug-likeness (QED) is 0.867. The predicted molar refractivity (Wildman–Crippen MR) is 76.3 cm³/mol. The van der Waals surface area contributed by atoms with Gasteiger partial charge in [-0.05, 0) is 24.6 Å². The number of nitrogens with one attached hydrogen (secondary N) is 1. The van der Waals surface area contributed by atoms with Gasteiger partial charge in [0, 0.05) is 30.7 Å². The van der Waals surface area contributed by atoms with E-state index in [1.807, 2.05) is 38.2 Å². The van der Waals surface area contributed by atoms with Gasteiger partial charge in [0.25, 0.3) is 0 Å². The van der Waals surface area contributed by atoms with Crippen LogP contribution in [0.1, 0.15) is 16.8 Å². The molecule has 0 aliphatic carbocycles. The molecule has 96 valence electrons. The van der Waals surface area contributed by atoms with Crippen LogP contribution in [0, 0.1) is 6.92 Å². The summed E-state index contributed by atoms with van der Waals surface area (Å²) < 4.78 is 1.68. The second kappa shape index (κ2) is 5.63. The summed E-state index contributed by atoms with van der Waals surface area (Å²) in [5, 5.41) is 8.29. The van der Waals surface area contributed by atoms with Crippen LogP contribution in [0.15, 0.2) is 24.3 Å². The maximum atomic E-state index is 6.18. The minimum absolute atomic E-state index is 0.516. The van der Waals surface area contributed by atoms with Crippen molar-refractivity contribution >= 4 is 28.9 Å². The average molecular weight is 284 g/mol. The number of benzene rings is 1. The lowest BCUT2D eigenvalue weighted by atomic mass is 10.2. The minimum atomic E-state index is 0.516. The zero-order valence-electron chi connectivity index (χ0n) is 10.4. The minimum Gasteiger partial charge on any atom is -0.381 e. The van der Waals surface area contributed by atoms with Crippen LogP contribution in [0.2, 0.25) is 5.15 Å². The first-order valence-corrected chi connectivity index (χ1v) is 6.60. The third-order valence-corrected chi connectivity index (χ3v) is 3.60. The smallest absolute Gasteiger partial charge is 0.131 e. The molecule has 0 fully saturated rings. The van der Waals surface area contributed by atoms with E-state index in [0.717, 1.165) is 22.5 Å². The fourth-order valence-corrected chi connectivity index (χ4v) is 2.24. The second-order valence-electron chi connectivity index (χ2n) is 4.17. The van der Waals surface area contributed by atoms with Crippen LogP contribution in [0.5, 0.6) is 0 Å². The van der Waals surface area contributed by atoms with Gasteiger partial charge in [-0.3, -0.25) is 4.68 Å². The molecule has 0 bridgehead atoms. The number of aromatic nitrogens is 2. The van der Waals surface area contributed by atoms with E-state index in [-0.39, 0.29) is 0 Å². The topological polar surface area (TPSA) is 29.9 Å². The molecule has 1 N–H and O–H groups in total. The molecule has 2 rings (SSSR count). The lowest BCUT2D eigenvalue weighted by Crippen LogP contribution is -2.01. The van der Waals surface area contributed by atoms with E-state index in [4.69, 9.17) is 23.2 Å². The highest BCUT2D eigenvalue weighted by molar-refractivity contribution is 6.30. The van der Waals surface area contributed by atoms with Crippen LogP contribution in [-0.2, 0) is 19.5 Å². The fraction of sp³-hybridized carbons (Fsp3) is 0.308. The largest absolute Gasteiger partial charge is 0.381 e. The van der Waals surface area contributed by atoms with Gasteiger partial charge in [0.2, 0.25) is 0 Å². The third-order valence-electron chi connectivity index (χ3n) is 2.82. The van der Waals surface area contributed by atoms with Gasteiger partial charge in [-0.2, -0.15) is 5.10 Å². The molecule has 0 atom stereocenters. The van der Waals surface area contributed by atoms with E-state index in [1.54, 1.807) is 4.68 Å². The lowest BCUT2D eigenvalue weighted by molar-refractivity contribution is 0.757. The van der Waals surface area contributed by atoms with Gasteiger partial charge in [0.05, 0.1) is 5.69 Å². The number of anilines is 1. The first-order chi connectivity index (χ1) is 8.61. The summed E-state index contributed by atoms with van der Waals surface area (Å²) in [6.45, 7) is 2.61. The van der Waals surface area contributed by atoms with Gasteiger partial charge in [-0.15, -0.1) is 11.6 Å². The van der Waals surface area contributed by atoms with Gasteiger partial charge in [0.1, 0.15) is 5.15 Å². The summed E-state index contributed by atoms with van der Waals surface area (Å²) in [5.41, 5.74) is 4.10. The number of aryl methyl sites for hydroxylation is 2. The van der Waals surface area contributed by atoms with E-state index in [1.165, 1.54) is 0 Å². The van der Waals surface area contributed by atoms with Crippen LogP contribution in [0.4, 0.5) is 5.69 Å². The summed E-state index contributed by atoms with van der Waals surface area (Å²) >= 11 is 12.0. The van der Waals surface area contributed by atoms with Gasteiger partial charge < -0.3 is 5.32 Å². The van der Waals surface area contributed by atoms with Crippen LogP contribution in [-0.4, -0.2) is 9.78 Å². The molecular weight excluding hydrogens is 269 g/mol. The van der Waals surface area contributed by atoms with Crippen molar-refractivity contribution in [1.29, 1.82) is 0 Å². The van der Waals surface area contributed by atoms with Crippen molar-refractivity contribution in [2.45, 2.75) is 19.3 Å². The average Bonchev–Trinajstić information content (AvgIpc) is 2.61. The van der Waals surface area contributed by atoms with Crippen molar-refractivity contribution in [2.24, 2.45) is 7.05 Å². The molecule has 0 unspecified atom stereocenters. The Labute approximate surface area is 117 Å². The van der Waals surface area contributed by atoms with Gasteiger partial charge >= 0.3 is 0 Å². The molecule has 1 aromatic heterocycles. The molecule has 3 nitrogen and oxygen atoms in total. The maximum Gasteiger partial charge on any atom is 0.131 e. The lowest BCUT2D eigenvalue weighted by Gasteiger charge is -2.07. The number of hydrogen-bond acceptors (Lipinski definition) is 2. The summed E-state index contributed by atoms with van der Waals surface area (Å²) in [4.78, 5) is 0. The molecule has 2 aromatic rings. The molecule has 1 aromatic carbocycles. The Morgan fingerprint density at radius 3 is 2.78 bits per heavy atom. The van der Waals surface area contributed by atoms with Crippen molar-refractivity contribution in [3.63, 3.8) is 0 Å². The molecule has 1 heterocycles. The van der Waals surface area contributed by atoms with Gasteiger partial charge in [0.15, 0.2) is 0 Å². The van der Waals surface area contributed by atoms with Gasteiger partial charge in [-0.25, -0.2) is 0 Å². The molecule has 0 amide bonds. The van der Waals surface area contributed by atoms with Gasteiger partial charge in [-0.1, -0.05) is 23.7 Å². The number of hydrogen-bond donors (Lipinski definition) is 1. The Morgan fingerprint density at radius 1 is 1.39 bits per heavy atom. The van der Waals surface area contributed by atoms with Crippen molar-refractivity contribution in [3.8, 4) is 0 Å². The summed E-state index contributed by atoms with van der Waals surface area (Å²) in [7, 11) is 1.84. The van der Waals surface area contributed by atoms with Crippen LogP contribution < -0.4 is 5.32 Å². The summed E-state index contributed by atoms with van der Waals surface area (Å²) in [6.07, 6.45) is 0. The SMILES string of the molecule is Cc1nn(C)c(Cl)c1CNc1cccc(CCl)c1. The van der Waals surface area contributed by atoms with Crippen LogP contribution in [0.3, 0.4) is 0 Å². The molecule has 18 heavy (non-hydrogen) atoms. The standard InChI is InChI=1S/C13H15Cl2N3/c1-9-12(13(15)18(2)17-9)8-16-11-5-3-4-10(6-11)7-14/h3-6,16H,7-8H2,1-2H3. The number of rotatable bonds is 4. The Hall–Kier alpha value is -1.19. The molecule has 5 heteroatoms. The zero-order valence-corrected chi connectivity index (χ0v) is 11.9. The van der Waals surface area contributed by atoms with Crippen molar-refractivity contribution in [1.82, 2.24) is 9.78 Å². The Kier molecular flexibility index (Phi) is 4.15. The highest BCUT2D eigenvalue weighted by Crippen LogP contribution is 2.20. The maximum absolute atomic E-state index is 6.18. The zero-order chi connectivity index (χ0) is 13.1. The van der Waals surface area contributed by atoms with Crippen LogP contribution >= 0.6 is 23.2 Å². The van der Waals surface area contributed by atoms with E-state index in [9.17, 15) is 0 Å². The highest BCUT2D eigenvalue weighted by atomic mass is 35.5. The molecule has 0 aliphatic heterocycles. The summed E-state index contributed by atoms with van der Waals surface area (Å²) in [5.74, 6) is 0.516. The molecule has 0 spiro atoms. The fourth-order valence-electron chi connectivity index (χ4n) is 1.83. The van der Waals surface area contributed by atoms with E-state index in [2.05, 4.69) is 10.4 Å². The number of alkyl halides is 1. The molecule has 0 saturated heterocycles. The first-order valence-electron chi connectivity index (χ1n) is 5.68. The Balaban J connectivity index is 2.11. The van der Waals surface area contributed by atoms with Crippen LogP contribution in [0.25, 0.3) is 0 Å². The highest BCUT2D eigenvalue weighted by Gasteiger charge is 2.10. The Morgan fingerprint density at radius 2 is 2.17 bits per heavy atom. The molecule has 0 radical (unpaired) electrons. The monoisotopic (exact) mass is 283 g/mol. The van der Waals surface area contributed by atoms with Crippen molar-refractivity contribution < 1.29 is 0 Å². The third kappa shape index (κ3) is 2.79. The molecule has 0 saturated carbocycles.